The molecule has 0 saturated carbocycles. The van der Waals surface area contributed by atoms with Crippen LogP contribution in [0.1, 0.15) is 22.7 Å². The molecule has 5 rings (SSSR count). The minimum Gasteiger partial charge on any atom is -0.507 e. The van der Waals surface area contributed by atoms with Crippen LogP contribution in [0.15, 0.2) is 66.5 Å². The molecule has 4 aromatic rings. The number of phenols is 1. The number of aryl methyl sites for hydroxylation is 1. The van der Waals surface area contributed by atoms with Crippen molar-refractivity contribution in [2.24, 2.45) is 0 Å². The van der Waals surface area contributed by atoms with Crippen molar-refractivity contribution in [3.8, 4) is 11.5 Å². The lowest BCUT2D eigenvalue weighted by Crippen LogP contribution is -2.29. The van der Waals surface area contributed by atoms with E-state index in [4.69, 9.17) is 4.74 Å². The average Bonchev–Trinajstić information content (AvgIpc) is 3.37. The maximum absolute atomic E-state index is 13.3. The van der Waals surface area contributed by atoms with Gasteiger partial charge in [0.1, 0.15) is 5.76 Å². The number of nitrogens with zero attached hydrogens (tertiary/aromatic N) is 3. The maximum atomic E-state index is 13.3. The molecule has 0 radical (unpaired) electrons. The third-order valence-corrected chi connectivity index (χ3v) is 6.67. The number of aliphatic hydroxyl groups excluding tert-OH is 1. The summed E-state index contributed by atoms with van der Waals surface area (Å²) in [7, 11) is 1.41. The highest BCUT2D eigenvalue weighted by atomic mass is 32.1. The Bertz CT molecular complexity index is 1480. The second-order valence-corrected chi connectivity index (χ2v) is 8.81. The Balaban J connectivity index is 1.75. The second-order valence-electron chi connectivity index (χ2n) is 7.80. The highest BCUT2D eigenvalue weighted by Crippen LogP contribution is 2.45. The number of pyridine rings is 1. The van der Waals surface area contributed by atoms with Crippen LogP contribution in [0.25, 0.3) is 16.0 Å². The standard InChI is InChI=1S/C25H19N3O5S/c1-13-3-5-16-19(11-13)34-25(27-16)28-21(15-4-6-17(29)18(12-15)33-2)20(23(31)24(28)32)22(30)14-7-9-26-10-8-14/h3-12,21,29-30H,1-2H3. The average molecular weight is 474 g/mol. The molecule has 1 aliphatic rings. The summed E-state index contributed by atoms with van der Waals surface area (Å²) in [6.45, 7) is 1.96. The third-order valence-electron chi connectivity index (χ3n) is 5.66. The molecule has 2 aromatic heterocycles. The molecule has 0 spiro atoms. The van der Waals surface area contributed by atoms with Crippen molar-refractivity contribution in [1.82, 2.24) is 9.97 Å². The van der Waals surface area contributed by atoms with Gasteiger partial charge in [-0.05, 0) is 54.4 Å². The fraction of sp³-hybridized carbons (Fsp3) is 0.120. The number of ether oxygens (including phenoxy) is 1. The summed E-state index contributed by atoms with van der Waals surface area (Å²) in [6.07, 6.45) is 2.97. The zero-order valence-electron chi connectivity index (χ0n) is 18.2. The topological polar surface area (TPSA) is 113 Å². The number of rotatable bonds is 4. The number of amides is 1. The number of fused-ring (bicyclic) bond motifs is 1. The van der Waals surface area contributed by atoms with Crippen molar-refractivity contribution in [1.29, 1.82) is 0 Å². The maximum Gasteiger partial charge on any atom is 0.301 e. The van der Waals surface area contributed by atoms with Crippen molar-refractivity contribution in [2.75, 3.05) is 12.0 Å². The molecular formula is C25H19N3O5S. The Kier molecular flexibility index (Phi) is 5.25. The normalized spacial score (nSPS) is 17.5. The van der Waals surface area contributed by atoms with E-state index in [-0.39, 0.29) is 22.8 Å². The first-order valence-electron chi connectivity index (χ1n) is 10.3. The second kappa shape index (κ2) is 8.27. The van der Waals surface area contributed by atoms with Crippen molar-refractivity contribution < 1.29 is 24.5 Å². The van der Waals surface area contributed by atoms with E-state index in [2.05, 4.69) is 9.97 Å². The number of ketones is 1. The van der Waals surface area contributed by atoms with Crippen LogP contribution < -0.4 is 9.64 Å². The Labute approximate surface area is 198 Å². The number of aromatic hydroxyl groups is 1. The first kappa shape index (κ1) is 21.6. The number of hydrogen-bond donors (Lipinski definition) is 2. The lowest BCUT2D eigenvalue weighted by molar-refractivity contribution is -0.132. The van der Waals surface area contributed by atoms with Crippen molar-refractivity contribution in [3.05, 3.63) is 83.2 Å². The number of carbonyl (C=O) groups excluding carboxylic acids is 2. The quantitative estimate of drug-likeness (QED) is 0.258. The van der Waals surface area contributed by atoms with E-state index in [9.17, 15) is 19.8 Å². The zero-order valence-corrected chi connectivity index (χ0v) is 19.0. The first-order chi connectivity index (χ1) is 16.4. The van der Waals surface area contributed by atoms with E-state index < -0.39 is 17.7 Å². The number of phenolic OH excluding ortho intramolecular Hbond substituents is 1. The van der Waals surface area contributed by atoms with Crippen LogP contribution >= 0.6 is 11.3 Å². The molecule has 1 fully saturated rings. The van der Waals surface area contributed by atoms with E-state index in [0.29, 0.717) is 21.8 Å². The van der Waals surface area contributed by atoms with Gasteiger partial charge in [-0.2, -0.15) is 0 Å². The number of anilines is 1. The molecule has 8 nitrogen and oxygen atoms in total. The van der Waals surface area contributed by atoms with Gasteiger partial charge in [-0.3, -0.25) is 19.5 Å². The summed E-state index contributed by atoms with van der Waals surface area (Å²) >= 11 is 1.28. The molecule has 0 bridgehead atoms. The summed E-state index contributed by atoms with van der Waals surface area (Å²) in [5.74, 6) is -1.87. The third kappa shape index (κ3) is 3.46. The zero-order chi connectivity index (χ0) is 24.0. The molecule has 1 amide bonds. The lowest BCUT2D eigenvalue weighted by atomic mass is 9.95. The van der Waals surface area contributed by atoms with Crippen molar-refractivity contribution in [2.45, 2.75) is 13.0 Å². The van der Waals surface area contributed by atoms with Gasteiger partial charge >= 0.3 is 5.91 Å². The van der Waals surface area contributed by atoms with Gasteiger partial charge in [-0.25, -0.2) is 4.98 Å². The fourth-order valence-corrected chi connectivity index (χ4v) is 5.09. The van der Waals surface area contributed by atoms with Gasteiger partial charge in [-0.15, -0.1) is 0 Å². The highest BCUT2D eigenvalue weighted by Gasteiger charge is 2.48. The van der Waals surface area contributed by atoms with Gasteiger partial charge in [0.25, 0.3) is 5.78 Å². The summed E-state index contributed by atoms with van der Waals surface area (Å²) < 4.78 is 6.11. The number of Topliss-reactive ketones (excluding diaryl/α,β-unsaturated/α-hetero) is 1. The molecule has 170 valence electrons. The first-order valence-corrected chi connectivity index (χ1v) is 11.2. The minimum absolute atomic E-state index is 0.0839. The van der Waals surface area contributed by atoms with Gasteiger partial charge in [0.15, 0.2) is 16.6 Å². The molecule has 34 heavy (non-hydrogen) atoms. The number of benzene rings is 2. The Morgan fingerprint density at radius 3 is 2.59 bits per heavy atom. The van der Waals surface area contributed by atoms with Crippen LogP contribution in [-0.4, -0.2) is 39.0 Å². The Morgan fingerprint density at radius 2 is 1.85 bits per heavy atom. The smallest absolute Gasteiger partial charge is 0.301 e. The highest BCUT2D eigenvalue weighted by molar-refractivity contribution is 7.22. The SMILES string of the molecule is COc1cc(C2C(=C(O)c3ccncc3)C(=O)C(=O)N2c2nc3ccc(C)cc3s2)ccc1O. The van der Waals surface area contributed by atoms with Gasteiger partial charge in [0.05, 0.1) is 28.9 Å². The number of aromatic nitrogens is 2. The van der Waals surface area contributed by atoms with Gasteiger partial charge in [0.2, 0.25) is 0 Å². The van der Waals surface area contributed by atoms with Crippen LogP contribution in [0.5, 0.6) is 11.5 Å². The largest absolute Gasteiger partial charge is 0.507 e. The lowest BCUT2D eigenvalue weighted by Gasteiger charge is -2.23. The molecule has 1 unspecified atom stereocenters. The molecule has 3 heterocycles. The van der Waals surface area contributed by atoms with E-state index in [0.717, 1.165) is 10.3 Å². The van der Waals surface area contributed by atoms with Gasteiger partial charge in [0, 0.05) is 18.0 Å². The predicted molar refractivity (Wildman–Crippen MR) is 128 cm³/mol. The van der Waals surface area contributed by atoms with E-state index in [1.807, 2.05) is 25.1 Å². The number of methoxy groups -OCH3 is 1. The van der Waals surface area contributed by atoms with Crippen molar-refractivity contribution >= 4 is 44.1 Å². The molecule has 2 N–H and O–H groups in total. The van der Waals surface area contributed by atoms with Crippen LogP contribution in [0.3, 0.4) is 0 Å². The molecule has 1 atom stereocenters. The summed E-state index contributed by atoms with van der Waals surface area (Å²) in [4.78, 5) is 36.4. The predicted octanol–water partition coefficient (Wildman–Crippen LogP) is 4.34. The fourth-order valence-electron chi connectivity index (χ4n) is 4.00. The Morgan fingerprint density at radius 1 is 1.09 bits per heavy atom. The van der Waals surface area contributed by atoms with Crippen molar-refractivity contribution in [3.63, 3.8) is 0 Å². The summed E-state index contributed by atoms with van der Waals surface area (Å²) in [5.41, 5.74) is 2.48. The summed E-state index contributed by atoms with van der Waals surface area (Å²) in [6, 6.07) is 12.4. The molecule has 1 saturated heterocycles. The summed E-state index contributed by atoms with van der Waals surface area (Å²) in [5, 5.41) is 21.5. The number of hydrogen-bond acceptors (Lipinski definition) is 8. The molecule has 1 aliphatic heterocycles. The molecular weight excluding hydrogens is 454 g/mol. The minimum atomic E-state index is -0.982. The monoisotopic (exact) mass is 473 g/mol. The molecule has 9 heteroatoms. The number of thiazole rings is 1. The van der Waals surface area contributed by atoms with Crippen LogP contribution in [0.2, 0.25) is 0 Å². The van der Waals surface area contributed by atoms with Crippen LogP contribution in [-0.2, 0) is 9.59 Å². The van der Waals surface area contributed by atoms with Crippen LogP contribution in [0, 0.1) is 6.92 Å². The Hall–Kier alpha value is -4.24. The number of aliphatic hydroxyl groups is 1. The van der Waals surface area contributed by atoms with Gasteiger partial charge < -0.3 is 14.9 Å². The van der Waals surface area contributed by atoms with Crippen LogP contribution in [0.4, 0.5) is 5.13 Å². The molecule has 0 aliphatic carbocycles. The number of carbonyl (C=O) groups is 2. The van der Waals surface area contributed by atoms with E-state index in [1.165, 1.54) is 47.9 Å². The molecule has 2 aromatic carbocycles. The van der Waals surface area contributed by atoms with E-state index in [1.54, 1.807) is 18.2 Å². The van der Waals surface area contributed by atoms with Gasteiger partial charge in [-0.1, -0.05) is 23.5 Å². The van der Waals surface area contributed by atoms with E-state index >= 15 is 0 Å².